The van der Waals surface area contributed by atoms with Crippen molar-refractivity contribution in [1.29, 1.82) is 0 Å². The van der Waals surface area contributed by atoms with E-state index in [1.54, 1.807) is 6.07 Å². The molecule has 3 aromatic rings. The molecule has 1 saturated carbocycles. The van der Waals surface area contributed by atoms with E-state index >= 15 is 0 Å². The van der Waals surface area contributed by atoms with Gasteiger partial charge in [-0.15, -0.1) is 0 Å². The summed E-state index contributed by atoms with van der Waals surface area (Å²) in [7, 11) is 0. The molecule has 0 spiro atoms. The predicted octanol–water partition coefficient (Wildman–Crippen LogP) is 3.23. The topological polar surface area (TPSA) is 101 Å². The van der Waals surface area contributed by atoms with Gasteiger partial charge in [-0.2, -0.15) is 0 Å². The molecule has 3 fully saturated rings. The number of aliphatic hydroxyl groups excluding tert-OH is 2. The average molecular weight is 470 g/mol. The van der Waals surface area contributed by atoms with Gasteiger partial charge in [0.05, 0.1) is 35.9 Å². The minimum atomic E-state index is -0.670. The number of aromatic amines is 1. The normalized spacial score (nSPS) is 27.6. The molecule has 3 heterocycles. The first-order chi connectivity index (χ1) is 16.0. The van der Waals surface area contributed by atoms with Crippen molar-refractivity contribution in [1.82, 2.24) is 4.98 Å². The predicted molar refractivity (Wildman–Crippen MR) is 122 cm³/mol. The van der Waals surface area contributed by atoms with Gasteiger partial charge in [-0.3, -0.25) is 4.79 Å². The highest BCUT2D eigenvalue weighted by atomic mass is 35.5. The number of H-pyrrole nitrogens is 1. The second kappa shape index (κ2) is 7.82. The molecule has 7 nitrogen and oxygen atoms in total. The molecule has 2 unspecified atom stereocenters. The lowest BCUT2D eigenvalue weighted by Crippen LogP contribution is -2.34. The van der Waals surface area contributed by atoms with Gasteiger partial charge < -0.3 is 29.4 Å². The molecule has 4 atom stereocenters. The number of hydrogen-bond donors (Lipinski definition) is 3. The van der Waals surface area contributed by atoms with E-state index in [4.69, 9.17) is 25.8 Å². The molecule has 172 valence electrons. The fraction of sp³-hybridized carbons (Fsp3) is 0.400. The van der Waals surface area contributed by atoms with E-state index in [1.165, 1.54) is 0 Å². The fourth-order valence-corrected chi connectivity index (χ4v) is 5.30. The van der Waals surface area contributed by atoms with Gasteiger partial charge in [-0.1, -0.05) is 35.9 Å². The van der Waals surface area contributed by atoms with E-state index in [0.29, 0.717) is 27.4 Å². The summed E-state index contributed by atoms with van der Waals surface area (Å²) in [5, 5.41) is 20.9. The van der Waals surface area contributed by atoms with Crippen LogP contribution in [-0.4, -0.2) is 65.7 Å². The number of hydrogen-bond acceptors (Lipinski definition) is 6. The van der Waals surface area contributed by atoms with Crippen LogP contribution in [0.5, 0.6) is 5.88 Å². The molecular weight excluding hydrogens is 446 g/mol. The van der Waals surface area contributed by atoms with E-state index in [-0.39, 0.29) is 31.3 Å². The van der Waals surface area contributed by atoms with Gasteiger partial charge in [-0.25, -0.2) is 0 Å². The Balaban J connectivity index is 1.33. The summed E-state index contributed by atoms with van der Waals surface area (Å²) < 4.78 is 17.3. The van der Waals surface area contributed by atoms with Gasteiger partial charge in [0, 0.05) is 16.4 Å². The highest BCUT2D eigenvalue weighted by Crippen LogP contribution is 2.48. The van der Waals surface area contributed by atoms with E-state index in [0.717, 1.165) is 35.8 Å². The number of aliphatic hydroxyl groups is 2. The minimum Gasteiger partial charge on any atom is -0.470 e. The maximum Gasteiger partial charge on any atom is 0.203 e. The number of halogens is 1. The lowest BCUT2D eigenvalue weighted by molar-refractivity contribution is 0.00784. The second-order valence-electron chi connectivity index (χ2n) is 9.20. The first-order valence-corrected chi connectivity index (χ1v) is 11.5. The van der Waals surface area contributed by atoms with Crippen LogP contribution < -0.4 is 4.74 Å². The zero-order chi connectivity index (χ0) is 22.7. The smallest absolute Gasteiger partial charge is 0.203 e. The Hall–Kier alpha value is -2.42. The molecule has 2 aliphatic heterocycles. The summed E-state index contributed by atoms with van der Waals surface area (Å²) in [5.41, 5.74) is 3.88. The third-order valence-corrected chi connectivity index (χ3v) is 7.54. The van der Waals surface area contributed by atoms with E-state index < -0.39 is 18.3 Å². The minimum absolute atomic E-state index is 0.0914. The zero-order valence-corrected chi connectivity index (χ0v) is 18.5. The molecule has 3 aliphatic rings. The fourth-order valence-electron chi connectivity index (χ4n) is 5.03. The van der Waals surface area contributed by atoms with Crippen LogP contribution in [0, 0.1) is 0 Å². The summed E-state index contributed by atoms with van der Waals surface area (Å²) >= 11 is 6.61. The van der Waals surface area contributed by atoms with Crippen molar-refractivity contribution in [3.63, 3.8) is 0 Å². The second-order valence-corrected chi connectivity index (χ2v) is 9.61. The van der Waals surface area contributed by atoms with Gasteiger partial charge in [0.25, 0.3) is 0 Å². The molecule has 2 aromatic carbocycles. The van der Waals surface area contributed by atoms with Gasteiger partial charge in [0.2, 0.25) is 5.88 Å². The third kappa shape index (κ3) is 3.38. The van der Waals surface area contributed by atoms with Crippen LogP contribution in [0.15, 0.2) is 36.4 Å². The van der Waals surface area contributed by atoms with Gasteiger partial charge >= 0.3 is 0 Å². The summed E-state index contributed by atoms with van der Waals surface area (Å²) in [4.78, 5) is 15.2. The largest absolute Gasteiger partial charge is 0.470 e. The summed E-state index contributed by atoms with van der Waals surface area (Å²) in [6, 6.07) is 11.8. The quantitative estimate of drug-likeness (QED) is 0.479. The number of rotatable bonds is 6. The molecule has 0 bridgehead atoms. The first-order valence-electron chi connectivity index (χ1n) is 11.1. The average Bonchev–Trinajstić information content (AvgIpc) is 3.23. The molecule has 0 radical (unpaired) electrons. The molecule has 8 heteroatoms. The number of nitrogens with one attached hydrogen (secondary N) is 1. The van der Waals surface area contributed by atoms with Crippen molar-refractivity contribution in [2.24, 2.45) is 0 Å². The third-order valence-electron chi connectivity index (χ3n) is 7.22. The Morgan fingerprint density at radius 3 is 2.61 bits per heavy atom. The van der Waals surface area contributed by atoms with Crippen molar-refractivity contribution >= 4 is 28.8 Å². The first kappa shape index (κ1) is 21.1. The van der Waals surface area contributed by atoms with E-state index in [2.05, 4.69) is 4.98 Å². The molecule has 1 aliphatic carbocycles. The Kier molecular flexibility index (Phi) is 5.01. The Morgan fingerprint density at radius 1 is 1.15 bits per heavy atom. The molecular formula is C25H24ClNO6. The molecule has 6 rings (SSSR count). The number of aldehydes is 1. The van der Waals surface area contributed by atoms with Crippen molar-refractivity contribution in [3.05, 3.63) is 52.5 Å². The van der Waals surface area contributed by atoms with E-state index in [1.807, 2.05) is 30.3 Å². The molecule has 2 saturated heterocycles. The van der Waals surface area contributed by atoms with E-state index in [9.17, 15) is 15.0 Å². The lowest BCUT2D eigenvalue weighted by atomic mass is 9.94. The molecule has 1 aromatic heterocycles. The van der Waals surface area contributed by atoms with Crippen LogP contribution in [0.25, 0.3) is 22.0 Å². The van der Waals surface area contributed by atoms with Crippen LogP contribution in [0.1, 0.15) is 28.8 Å². The van der Waals surface area contributed by atoms with Crippen molar-refractivity contribution in [2.75, 3.05) is 19.8 Å². The Morgan fingerprint density at radius 2 is 1.91 bits per heavy atom. The van der Waals surface area contributed by atoms with Crippen molar-refractivity contribution in [3.8, 4) is 17.0 Å². The summed E-state index contributed by atoms with van der Waals surface area (Å²) in [5.74, 6) is 0.335. The van der Waals surface area contributed by atoms with Gasteiger partial charge in [0.1, 0.15) is 18.3 Å². The number of fused-ring (bicyclic) bond motifs is 2. The standard InChI is InChI=1S/C25H24ClNO6/c26-18-8-19-16(7-15(18)13-1-3-14(4-2-13)25(12-29)5-6-25)17(9-28)24(27-19)33-21-11-32-22-20(30)10-31-23(21)22/h1-4,7-9,20-23,27,29-30H,5-6,10-12H2/t20-,21-,22?,23?/m1/s1. The number of aromatic nitrogens is 1. The van der Waals surface area contributed by atoms with Crippen LogP contribution in [-0.2, 0) is 14.9 Å². The van der Waals surface area contributed by atoms with Crippen LogP contribution in [0.3, 0.4) is 0 Å². The maximum atomic E-state index is 12.0. The summed E-state index contributed by atoms with van der Waals surface area (Å²) in [6.45, 7) is 0.638. The molecule has 3 N–H and O–H groups in total. The number of carbonyl (C=O) groups excluding carboxylic acids is 1. The Bertz CT molecular complexity index is 1220. The van der Waals surface area contributed by atoms with Crippen LogP contribution in [0.4, 0.5) is 0 Å². The van der Waals surface area contributed by atoms with Crippen molar-refractivity contribution < 1.29 is 29.2 Å². The Labute approximate surface area is 195 Å². The van der Waals surface area contributed by atoms with Crippen molar-refractivity contribution in [2.45, 2.75) is 42.7 Å². The zero-order valence-electron chi connectivity index (χ0n) is 17.8. The number of ether oxygens (including phenoxy) is 3. The molecule has 0 amide bonds. The lowest BCUT2D eigenvalue weighted by Gasteiger charge is -2.17. The van der Waals surface area contributed by atoms with Gasteiger partial charge in [0.15, 0.2) is 12.4 Å². The monoisotopic (exact) mass is 469 g/mol. The van der Waals surface area contributed by atoms with Crippen LogP contribution >= 0.6 is 11.6 Å². The highest BCUT2D eigenvalue weighted by molar-refractivity contribution is 6.34. The van der Waals surface area contributed by atoms with Crippen LogP contribution in [0.2, 0.25) is 5.02 Å². The summed E-state index contributed by atoms with van der Waals surface area (Å²) in [6.07, 6.45) is 0.884. The SMILES string of the molecule is O=Cc1c(O[C@@H]2COC3C2OC[C@H]3O)[nH]c2cc(Cl)c(-c3ccc(C4(CO)CC4)cc3)cc12. The molecule has 33 heavy (non-hydrogen) atoms. The number of benzene rings is 2. The van der Waals surface area contributed by atoms with Gasteiger partial charge in [-0.05, 0) is 36.1 Å². The maximum absolute atomic E-state index is 12.0. The number of carbonyl (C=O) groups is 1. The highest BCUT2D eigenvalue weighted by Gasteiger charge is 2.48.